The van der Waals surface area contributed by atoms with Crippen LogP contribution in [0.5, 0.6) is 0 Å². The number of hydrogen-bond donors (Lipinski definition) is 1. The molecule has 4 nitrogen and oxygen atoms in total. The van der Waals surface area contributed by atoms with Gasteiger partial charge in [0.1, 0.15) is 0 Å². The van der Waals surface area contributed by atoms with Gasteiger partial charge in [-0.3, -0.25) is 14.6 Å². The molecule has 1 saturated heterocycles. The van der Waals surface area contributed by atoms with Crippen LogP contribution in [0.2, 0.25) is 10.0 Å². The molecule has 1 aliphatic rings. The highest BCUT2D eigenvalue weighted by atomic mass is 35.5. The highest BCUT2D eigenvalue weighted by Gasteiger charge is 2.24. The van der Waals surface area contributed by atoms with Crippen LogP contribution in [0.25, 0.3) is 0 Å². The standard InChI is InChI=1S/C21H25Cl2N3O/c1-25(13-17-7-8-18(22)11-20(17)23)15-21(27)24-19-9-10-26(14-19)12-16-5-3-2-4-6-16/h2-8,11,19H,9-10,12-15H2,1H3,(H,24,27)/t19-/m0/s1. The minimum absolute atomic E-state index is 0.0501. The lowest BCUT2D eigenvalue weighted by Gasteiger charge is -2.20. The zero-order valence-corrected chi connectivity index (χ0v) is 17.0. The highest BCUT2D eigenvalue weighted by Crippen LogP contribution is 2.22. The van der Waals surface area contributed by atoms with Gasteiger partial charge in [-0.05, 0) is 36.7 Å². The molecule has 27 heavy (non-hydrogen) atoms. The fourth-order valence-corrected chi connectivity index (χ4v) is 3.92. The molecule has 0 radical (unpaired) electrons. The van der Waals surface area contributed by atoms with E-state index in [1.54, 1.807) is 6.07 Å². The van der Waals surface area contributed by atoms with Gasteiger partial charge in [0.05, 0.1) is 6.54 Å². The summed E-state index contributed by atoms with van der Waals surface area (Å²) in [6.45, 7) is 3.79. The summed E-state index contributed by atoms with van der Waals surface area (Å²) >= 11 is 12.1. The van der Waals surface area contributed by atoms with Crippen molar-refractivity contribution in [3.05, 3.63) is 69.7 Å². The maximum atomic E-state index is 12.4. The normalized spacial score (nSPS) is 17.4. The van der Waals surface area contributed by atoms with Gasteiger partial charge in [-0.2, -0.15) is 0 Å². The molecule has 1 aliphatic heterocycles. The number of hydrogen-bond acceptors (Lipinski definition) is 3. The highest BCUT2D eigenvalue weighted by molar-refractivity contribution is 6.35. The second-order valence-corrected chi connectivity index (χ2v) is 8.03. The van der Waals surface area contributed by atoms with Crippen molar-refractivity contribution in [1.29, 1.82) is 0 Å². The van der Waals surface area contributed by atoms with Crippen LogP contribution in [0.15, 0.2) is 48.5 Å². The number of benzene rings is 2. The van der Waals surface area contributed by atoms with Crippen LogP contribution in [-0.4, -0.2) is 48.4 Å². The van der Waals surface area contributed by atoms with Gasteiger partial charge in [-0.15, -0.1) is 0 Å². The van der Waals surface area contributed by atoms with E-state index >= 15 is 0 Å². The lowest BCUT2D eigenvalue weighted by Crippen LogP contribution is -2.42. The third-order valence-electron chi connectivity index (χ3n) is 4.76. The zero-order chi connectivity index (χ0) is 19.2. The molecule has 0 saturated carbocycles. The van der Waals surface area contributed by atoms with Crippen molar-refractivity contribution in [2.75, 3.05) is 26.7 Å². The van der Waals surface area contributed by atoms with Crippen molar-refractivity contribution in [2.45, 2.75) is 25.6 Å². The first-order chi connectivity index (χ1) is 13.0. The van der Waals surface area contributed by atoms with Gasteiger partial charge in [0.2, 0.25) is 5.91 Å². The van der Waals surface area contributed by atoms with E-state index in [-0.39, 0.29) is 11.9 Å². The summed E-state index contributed by atoms with van der Waals surface area (Å²) < 4.78 is 0. The Kier molecular flexibility index (Phi) is 7.13. The number of rotatable bonds is 7. The molecule has 0 aromatic heterocycles. The molecule has 1 amide bonds. The van der Waals surface area contributed by atoms with E-state index in [1.807, 2.05) is 30.1 Å². The van der Waals surface area contributed by atoms with E-state index in [1.165, 1.54) is 5.56 Å². The van der Waals surface area contributed by atoms with Crippen molar-refractivity contribution in [3.63, 3.8) is 0 Å². The van der Waals surface area contributed by atoms with E-state index < -0.39 is 0 Å². The number of halogens is 2. The molecule has 1 N–H and O–H groups in total. The molecule has 1 atom stereocenters. The van der Waals surface area contributed by atoms with Crippen LogP contribution >= 0.6 is 23.2 Å². The lowest BCUT2D eigenvalue weighted by atomic mass is 10.2. The molecule has 144 valence electrons. The summed E-state index contributed by atoms with van der Waals surface area (Å²) in [7, 11) is 1.92. The van der Waals surface area contributed by atoms with Gasteiger partial charge in [0.25, 0.3) is 0 Å². The van der Waals surface area contributed by atoms with Crippen LogP contribution < -0.4 is 5.32 Å². The molecule has 6 heteroatoms. The summed E-state index contributed by atoms with van der Waals surface area (Å²) in [5.74, 6) is 0.0501. The van der Waals surface area contributed by atoms with Crippen LogP contribution in [0.3, 0.4) is 0 Å². The predicted molar refractivity (Wildman–Crippen MR) is 111 cm³/mol. The Morgan fingerprint density at radius 3 is 2.74 bits per heavy atom. The summed E-state index contributed by atoms with van der Waals surface area (Å²) in [5, 5.41) is 4.40. The smallest absolute Gasteiger partial charge is 0.234 e. The summed E-state index contributed by atoms with van der Waals surface area (Å²) in [6, 6.07) is 16.1. The number of amides is 1. The van der Waals surface area contributed by atoms with Crippen molar-refractivity contribution in [2.24, 2.45) is 0 Å². The Balaban J connectivity index is 1.42. The minimum Gasteiger partial charge on any atom is -0.351 e. The average Bonchev–Trinajstić information content (AvgIpc) is 3.05. The van der Waals surface area contributed by atoms with E-state index in [4.69, 9.17) is 23.2 Å². The minimum atomic E-state index is 0.0501. The second kappa shape index (κ2) is 9.56. The SMILES string of the molecule is CN(CC(=O)N[C@H]1CCN(Cc2ccccc2)C1)Cc1ccc(Cl)cc1Cl. The number of carbonyl (C=O) groups is 1. The van der Waals surface area contributed by atoms with Crippen LogP contribution in [0.4, 0.5) is 0 Å². The molecular weight excluding hydrogens is 381 g/mol. The molecule has 0 spiro atoms. The summed E-state index contributed by atoms with van der Waals surface area (Å²) in [4.78, 5) is 16.7. The third-order valence-corrected chi connectivity index (χ3v) is 5.34. The fraction of sp³-hybridized carbons (Fsp3) is 0.381. The first-order valence-corrected chi connectivity index (χ1v) is 9.93. The molecule has 0 bridgehead atoms. The molecule has 1 heterocycles. The molecule has 0 unspecified atom stereocenters. The predicted octanol–water partition coefficient (Wildman–Crippen LogP) is 3.82. The Hall–Kier alpha value is -1.59. The van der Waals surface area contributed by atoms with Gasteiger partial charge < -0.3 is 5.32 Å². The van der Waals surface area contributed by atoms with Crippen molar-refractivity contribution in [3.8, 4) is 0 Å². The monoisotopic (exact) mass is 405 g/mol. The van der Waals surface area contributed by atoms with Gasteiger partial charge in [-0.25, -0.2) is 0 Å². The Morgan fingerprint density at radius 1 is 1.22 bits per heavy atom. The number of carbonyl (C=O) groups excluding carboxylic acids is 1. The Labute approximate surface area is 171 Å². The molecule has 2 aromatic rings. The second-order valence-electron chi connectivity index (χ2n) is 7.18. The Morgan fingerprint density at radius 2 is 2.00 bits per heavy atom. The quantitative estimate of drug-likeness (QED) is 0.760. The van der Waals surface area contributed by atoms with Crippen LogP contribution in [0.1, 0.15) is 17.5 Å². The van der Waals surface area contributed by atoms with Gasteiger partial charge >= 0.3 is 0 Å². The number of nitrogens with zero attached hydrogens (tertiary/aromatic N) is 2. The third kappa shape index (κ3) is 6.22. The summed E-state index contributed by atoms with van der Waals surface area (Å²) in [6.07, 6.45) is 0.991. The number of nitrogens with one attached hydrogen (secondary N) is 1. The largest absolute Gasteiger partial charge is 0.351 e. The van der Waals surface area contributed by atoms with Crippen molar-refractivity contribution >= 4 is 29.1 Å². The van der Waals surface area contributed by atoms with Crippen LogP contribution in [-0.2, 0) is 17.9 Å². The number of likely N-dealkylation sites (tertiary alicyclic amines) is 1. The van der Waals surface area contributed by atoms with Crippen molar-refractivity contribution < 1.29 is 4.79 Å². The first kappa shape index (κ1) is 20.2. The maximum absolute atomic E-state index is 12.4. The van der Waals surface area contributed by atoms with E-state index in [0.717, 1.165) is 31.6 Å². The molecule has 0 aliphatic carbocycles. The average molecular weight is 406 g/mol. The van der Waals surface area contributed by atoms with Gasteiger partial charge in [0, 0.05) is 42.3 Å². The van der Waals surface area contributed by atoms with Crippen LogP contribution in [0, 0.1) is 0 Å². The zero-order valence-electron chi connectivity index (χ0n) is 15.5. The first-order valence-electron chi connectivity index (χ1n) is 9.17. The fourth-order valence-electron chi connectivity index (χ4n) is 3.45. The van der Waals surface area contributed by atoms with Gasteiger partial charge in [-0.1, -0.05) is 59.6 Å². The molecule has 2 aromatic carbocycles. The molecular formula is C21H25Cl2N3O. The van der Waals surface area contributed by atoms with Gasteiger partial charge in [0.15, 0.2) is 0 Å². The number of likely N-dealkylation sites (N-methyl/N-ethyl adjacent to an activating group) is 1. The van der Waals surface area contributed by atoms with Crippen molar-refractivity contribution in [1.82, 2.24) is 15.1 Å². The van der Waals surface area contributed by atoms with E-state index in [2.05, 4.69) is 34.5 Å². The lowest BCUT2D eigenvalue weighted by molar-refractivity contribution is -0.122. The Bertz CT molecular complexity index is 769. The summed E-state index contributed by atoms with van der Waals surface area (Å²) in [5.41, 5.74) is 2.27. The van der Waals surface area contributed by atoms with E-state index in [0.29, 0.717) is 23.1 Å². The maximum Gasteiger partial charge on any atom is 0.234 e. The van der Waals surface area contributed by atoms with E-state index in [9.17, 15) is 4.79 Å². The molecule has 1 fully saturated rings. The molecule has 3 rings (SSSR count). The topological polar surface area (TPSA) is 35.6 Å².